The summed E-state index contributed by atoms with van der Waals surface area (Å²) in [6, 6.07) is 10.6. The predicted octanol–water partition coefficient (Wildman–Crippen LogP) is 5.38. The Bertz CT molecular complexity index is 825. The van der Waals surface area contributed by atoms with Gasteiger partial charge in [-0.25, -0.2) is 4.39 Å². The summed E-state index contributed by atoms with van der Waals surface area (Å²) >= 11 is 11.2. The van der Waals surface area contributed by atoms with Gasteiger partial charge in [-0.05, 0) is 62.8 Å². The Morgan fingerprint density at radius 2 is 2.04 bits per heavy atom. The van der Waals surface area contributed by atoms with Crippen LogP contribution in [0.5, 0.6) is 5.75 Å². The van der Waals surface area contributed by atoms with Crippen molar-refractivity contribution in [2.45, 2.75) is 38.8 Å². The molecule has 1 atom stereocenters. The smallest absolute Gasteiger partial charge is 0.171 e. The highest BCUT2D eigenvalue weighted by atomic mass is 35.5. The van der Waals surface area contributed by atoms with Gasteiger partial charge in [-0.3, -0.25) is 0 Å². The third-order valence-electron chi connectivity index (χ3n) is 4.11. The zero-order chi connectivity index (χ0) is 18.2. The number of halogens is 2. The maximum absolute atomic E-state index is 13.3. The molecule has 25 heavy (non-hydrogen) atoms. The molecule has 0 unspecified atom stereocenters. The van der Waals surface area contributed by atoms with Crippen LogP contribution in [0.3, 0.4) is 0 Å². The molecule has 6 heteroatoms. The molecule has 0 radical (unpaired) electrons. The SMILES string of the molecule is Cc1ccc2c(c1)OC(C)(C)C[C@@H]2NC(=S)Nc1ccc(F)c(Cl)c1. The molecular formula is C19H20ClFN2OS. The number of anilines is 1. The molecule has 0 saturated carbocycles. The van der Waals surface area contributed by atoms with Crippen molar-refractivity contribution in [3.8, 4) is 5.75 Å². The van der Waals surface area contributed by atoms with Crippen molar-refractivity contribution in [2.24, 2.45) is 0 Å². The summed E-state index contributed by atoms with van der Waals surface area (Å²) < 4.78 is 19.4. The van der Waals surface area contributed by atoms with Crippen molar-refractivity contribution in [1.82, 2.24) is 5.32 Å². The van der Waals surface area contributed by atoms with Crippen LogP contribution in [0.1, 0.15) is 37.4 Å². The van der Waals surface area contributed by atoms with Crippen LogP contribution in [0.4, 0.5) is 10.1 Å². The van der Waals surface area contributed by atoms with Crippen molar-refractivity contribution in [2.75, 3.05) is 5.32 Å². The molecule has 2 aromatic carbocycles. The van der Waals surface area contributed by atoms with E-state index in [9.17, 15) is 4.39 Å². The number of fused-ring (bicyclic) bond motifs is 1. The van der Waals surface area contributed by atoms with Crippen LogP contribution in [0.2, 0.25) is 5.02 Å². The molecular weight excluding hydrogens is 359 g/mol. The Kier molecular flexibility index (Phi) is 4.89. The average molecular weight is 379 g/mol. The first-order valence-corrected chi connectivity index (χ1v) is 8.84. The number of hydrogen-bond donors (Lipinski definition) is 2. The van der Waals surface area contributed by atoms with Gasteiger partial charge in [0.15, 0.2) is 5.11 Å². The van der Waals surface area contributed by atoms with Crippen LogP contribution in [-0.4, -0.2) is 10.7 Å². The Balaban J connectivity index is 1.77. The van der Waals surface area contributed by atoms with Gasteiger partial charge in [-0.2, -0.15) is 0 Å². The molecule has 2 N–H and O–H groups in total. The summed E-state index contributed by atoms with van der Waals surface area (Å²) in [7, 11) is 0. The molecule has 0 bridgehead atoms. The molecule has 0 spiro atoms. The van der Waals surface area contributed by atoms with E-state index in [1.165, 1.54) is 12.1 Å². The molecule has 3 nitrogen and oxygen atoms in total. The number of aryl methyl sites for hydroxylation is 1. The monoisotopic (exact) mass is 378 g/mol. The Labute approximate surface area is 157 Å². The zero-order valence-corrected chi connectivity index (χ0v) is 15.9. The lowest BCUT2D eigenvalue weighted by Gasteiger charge is -2.38. The number of nitrogens with one attached hydrogen (secondary N) is 2. The van der Waals surface area contributed by atoms with Gasteiger partial charge in [0.1, 0.15) is 17.2 Å². The minimum atomic E-state index is -0.457. The van der Waals surface area contributed by atoms with Crippen molar-refractivity contribution >= 4 is 34.6 Å². The fourth-order valence-electron chi connectivity index (χ4n) is 2.99. The summed E-state index contributed by atoms with van der Waals surface area (Å²) in [5.41, 5.74) is 2.56. The first kappa shape index (κ1) is 18.0. The molecule has 0 amide bonds. The molecule has 0 fully saturated rings. The predicted molar refractivity (Wildman–Crippen MR) is 104 cm³/mol. The van der Waals surface area contributed by atoms with Crippen LogP contribution in [-0.2, 0) is 0 Å². The number of ether oxygens (including phenoxy) is 1. The Morgan fingerprint density at radius 1 is 1.28 bits per heavy atom. The average Bonchev–Trinajstić information content (AvgIpc) is 2.49. The normalized spacial score (nSPS) is 18.0. The Hall–Kier alpha value is -1.85. The van der Waals surface area contributed by atoms with Gasteiger partial charge in [0.2, 0.25) is 0 Å². The molecule has 1 aliphatic rings. The second-order valence-corrected chi connectivity index (χ2v) is 7.70. The van der Waals surface area contributed by atoms with E-state index >= 15 is 0 Å². The summed E-state index contributed by atoms with van der Waals surface area (Å²) in [6.45, 7) is 6.16. The standard InChI is InChI=1S/C19H20ClFN2OS/c1-11-4-6-13-16(10-19(2,3)24-17(13)8-11)23-18(25)22-12-5-7-15(21)14(20)9-12/h4-9,16H,10H2,1-3H3,(H2,22,23,25)/t16-/m0/s1. The quantitative estimate of drug-likeness (QED) is 0.688. The van der Waals surface area contributed by atoms with E-state index < -0.39 is 5.82 Å². The molecule has 0 aromatic heterocycles. The highest BCUT2D eigenvalue weighted by Gasteiger charge is 2.34. The van der Waals surface area contributed by atoms with Gasteiger partial charge < -0.3 is 15.4 Å². The van der Waals surface area contributed by atoms with Crippen LogP contribution in [0.15, 0.2) is 36.4 Å². The lowest BCUT2D eigenvalue weighted by Crippen LogP contribution is -2.42. The van der Waals surface area contributed by atoms with Gasteiger partial charge >= 0.3 is 0 Å². The minimum Gasteiger partial charge on any atom is -0.487 e. The first-order valence-electron chi connectivity index (χ1n) is 8.06. The highest BCUT2D eigenvalue weighted by Crippen LogP contribution is 2.39. The van der Waals surface area contributed by atoms with Crippen LogP contribution >= 0.6 is 23.8 Å². The maximum Gasteiger partial charge on any atom is 0.171 e. The molecule has 0 aliphatic carbocycles. The van der Waals surface area contributed by atoms with Gasteiger partial charge in [-0.15, -0.1) is 0 Å². The fraction of sp³-hybridized carbons (Fsp3) is 0.316. The largest absolute Gasteiger partial charge is 0.487 e. The van der Waals surface area contributed by atoms with Crippen molar-refractivity contribution in [3.05, 3.63) is 58.4 Å². The van der Waals surface area contributed by atoms with Crippen LogP contribution in [0, 0.1) is 12.7 Å². The fourth-order valence-corrected chi connectivity index (χ4v) is 3.43. The van der Waals surface area contributed by atoms with Crippen LogP contribution < -0.4 is 15.4 Å². The second kappa shape index (κ2) is 6.81. The van der Waals surface area contributed by atoms with Gasteiger partial charge in [0.25, 0.3) is 0 Å². The van der Waals surface area contributed by atoms with E-state index in [0.717, 1.165) is 23.3 Å². The third kappa shape index (κ3) is 4.22. The zero-order valence-electron chi connectivity index (χ0n) is 14.3. The Morgan fingerprint density at radius 3 is 2.76 bits per heavy atom. The highest BCUT2D eigenvalue weighted by molar-refractivity contribution is 7.80. The van der Waals surface area contributed by atoms with E-state index in [2.05, 4.69) is 36.6 Å². The maximum atomic E-state index is 13.3. The van der Waals surface area contributed by atoms with Crippen LogP contribution in [0.25, 0.3) is 0 Å². The summed E-state index contributed by atoms with van der Waals surface area (Å²) in [5, 5.41) is 6.90. The lowest BCUT2D eigenvalue weighted by molar-refractivity contribution is 0.0696. The van der Waals surface area contributed by atoms with Gasteiger partial charge in [-0.1, -0.05) is 23.7 Å². The van der Waals surface area contributed by atoms with Crippen molar-refractivity contribution in [1.29, 1.82) is 0 Å². The van der Waals surface area contributed by atoms with E-state index in [-0.39, 0.29) is 16.7 Å². The summed E-state index contributed by atoms with van der Waals surface area (Å²) in [4.78, 5) is 0. The number of rotatable bonds is 2. The molecule has 1 heterocycles. The summed E-state index contributed by atoms with van der Waals surface area (Å²) in [6.07, 6.45) is 0.773. The number of thiocarbonyl (C=S) groups is 1. The van der Waals surface area contributed by atoms with Crippen molar-refractivity contribution < 1.29 is 9.13 Å². The second-order valence-electron chi connectivity index (χ2n) is 6.89. The molecule has 132 valence electrons. The van der Waals surface area contributed by atoms with Gasteiger partial charge in [0, 0.05) is 17.7 Å². The lowest BCUT2D eigenvalue weighted by atomic mass is 9.89. The molecule has 3 rings (SSSR count). The minimum absolute atomic E-state index is 0.0234. The molecule has 1 aliphatic heterocycles. The first-order chi connectivity index (χ1) is 11.7. The van der Waals surface area contributed by atoms with Gasteiger partial charge in [0.05, 0.1) is 11.1 Å². The van der Waals surface area contributed by atoms with Crippen molar-refractivity contribution in [3.63, 3.8) is 0 Å². The number of benzene rings is 2. The van der Waals surface area contributed by atoms with E-state index in [1.54, 1.807) is 6.07 Å². The summed E-state index contributed by atoms with van der Waals surface area (Å²) in [5.74, 6) is 0.419. The van der Waals surface area contributed by atoms with E-state index in [1.807, 2.05) is 13.0 Å². The van der Waals surface area contributed by atoms with E-state index in [0.29, 0.717) is 10.8 Å². The van der Waals surface area contributed by atoms with E-state index in [4.69, 9.17) is 28.6 Å². The third-order valence-corrected chi connectivity index (χ3v) is 4.62. The number of hydrogen-bond acceptors (Lipinski definition) is 2. The topological polar surface area (TPSA) is 33.3 Å². The molecule has 0 saturated heterocycles. The molecule has 2 aromatic rings.